The lowest BCUT2D eigenvalue weighted by molar-refractivity contribution is -0.146. The largest absolute Gasteiger partial charge is 0.453 e. The standard InChI is InChI=1S/C12H16F3N5O/c1-7-8(2)10-17-18-11(12(13,14)15)20(10)19-9(7)16-5-4-6-21-3/h4-6H2,1-3H3,(H,16,19). The number of methoxy groups -OCH3 is 1. The van der Waals surface area contributed by atoms with E-state index in [9.17, 15) is 13.2 Å². The van der Waals surface area contributed by atoms with Crippen molar-refractivity contribution in [1.82, 2.24) is 19.8 Å². The summed E-state index contributed by atoms with van der Waals surface area (Å²) in [4.78, 5) is 0. The number of alkyl halides is 3. The zero-order chi connectivity index (χ0) is 15.6. The van der Waals surface area contributed by atoms with E-state index in [-0.39, 0.29) is 5.65 Å². The molecule has 2 aromatic rings. The molecule has 0 aliphatic heterocycles. The molecule has 0 saturated heterocycles. The van der Waals surface area contributed by atoms with Crippen LogP contribution in [-0.4, -0.2) is 40.1 Å². The molecule has 0 unspecified atom stereocenters. The van der Waals surface area contributed by atoms with Crippen LogP contribution < -0.4 is 5.32 Å². The third-order valence-corrected chi connectivity index (χ3v) is 3.17. The molecule has 0 amide bonds. The molecule has 0 aromatic carbocycles. The molecule has 0 aliphatic carbocycles. The van der Waals surface area contributed by atoms with Gasteiger partial charge in [-0.15, -0.1) is 15.3 Å². The number of anilines is 1. The molecule has 0 bridgehead atoms. The quantitative estimate of drug-likeness (QED) is 0.858. The van der Waals surface area contributed by atoms with Gasteiger partial charge < -0.3 is 10.1 Å². The van der Waals surface area contributed by atoms with Crippen molar-refractivity contribution in [3.8, 4) is 0 Å². The van der Waals surface area contributed by atoms with Gasteiger partial charge in [0.05, 0.1) is 0 Å². The first-order valence-corrected chi connectivity index (χ1v) is 6.39. The number of hydrogen-bond donors (Lipinski definition) is 1. The van der Waals surface area contributed by atoms with E-state index in [1.54, 1.807) is 21.0 Å². The highest BCUT2D eigenvalue weighted by Crippen LogP contribution is 2.29. The number of ether oxygens (including phenoxy) is 1. The zero-order valence-electron chi connectivity index (χ0n) is 12.0. The Morgan fingerprint density at radius 3 is 2.52 bits per heavy atom. The number of hydrogen-bond acceptors (Lipinski definition) is 5. The van der Waals surface area contributed by atoms with Gasteiger partial charge in [-0.3, -0.25) is 0 Å². The predicted octanol–water partition coefficient (Wildman–Crippen LogP) is 2.21. The lowest BCUT2D eigenvalue weighted by Crippen LogP contribution is -2.15. The summed E-state index contributed by atoms with van der Waals surface area (Å²) in [5, 5.41) is 13.8. The van der Waals surface area contributed by atoms with Crippen molar-refractivity contribution in [1.29, 1.82) is 0 Å². The highest BCUT2D eigenvalue weighted by Gasteiger charge is 2.38. The normalized spacial score (nSPS) is 12.1. The number of rotatable bonds is 5. The van der Waals surface area contributed by atoms with Crippen molar-refractivity contribution in [2.24, 2.45) is 0 Å². The summed E-state index contributed by atoms with van der Waals surface area (Å²) in [6.07, 6.45) is -3.87. The molecule has 116 valence electrons. The average molecular weight is 303 g/mol. The van der Waals surface area contributed by atoms with Crippen molar-refractivity contribution in [3.63, 3.8) is 0 Å². The smallest absolute Gasteiger partial charge is 0.385 e. The van der Waals surface area contributed by atoms with Crippen molar-refractivity contribution in [3.05, 3.63) is 17.0 Å². The Morgan fingerprint density at radius 2 is 1.90 bits per heavy atom. The maximum Gasteiger partial charge on any atom is 0.453 e. The van der Waals surface area contributed by atoms with Gasteiger partial charge in [-0.1, -0.05) is 0 Å². The molecular formula is C12H16F3N5O. The maximum atomic E-state index is 12.9. The monoisotopic (exact) mass is 303 g/mol. The van der Waals surface area contributed by atoms with Crippen LogP contribution >= 0.6 is 0 Å². The van der Waals surface area contributed by atoms with E-state index in [1.807, 2.05) is 0 Å². The van der Waals surface area contributed by atoms with Crippen LogP contribution in [0, 0.1) is 13.8 Å². The molecule has 0 fully saturated rings. The molecule has 1 N–H and O–H groups in total. The Labute approximate surface area is 119 Å². The van der Waals surface area contributed by atoms with Crippen LogP contribution in [-0.2, 0) is 10.9 Å². The van der Waals surface area contributed by atoms with E-state index < -0.39 is 12.0 Å². The van der Waals surface area contributed by atoms with Crippen LogP contribution in [0.15, 0.2) is 0 Å². The molecule has 6 nitrogen and oxygen atoms in total. The van der Waals surface area contributed by atoms with Crippen LogP contribution in [0.5, 0.6) is 0 Å². The number of nitrogens with one attached hydrogen (secondary N) is 1. The van der Waals surface area contributed by atoms with Crippen LogP contribution in [0.3, 0.4) is 0 Å². The number of aryl methyl sites for hydroxylation is 1. The van der Waals surface area contributed by atoms with Gasteiger partial charge in [-0.05, 0) is 25.8 Å². The molecule has 2 rings (SSSR count). The Kier molecular flexibility index (Phi) is 4.31. The second-order valence-electron chi connectivity index (χ2n) is 4.63. The Balaban J connectivity index is 2.40. The molecule has 0 radical (unpaired) electrons. The first-order chi connectivity index (χ1) is 9.86. The SMILES string of the molecule is COCCCNc1nn2c(C(F)(F)F)nnc2c(C)c1C. The van der Waals surface area contributed by atoms with Gasteiger partial charge in [0.1, 0.15) is 5.82 Å². The van der Waals surface area contributed by atoms with Gasteiger partial charge in [0.25, 0.3) is 5.82 Å². The first-order valence-electron chi connectivity index (χ1n) is 6.39. The van der Waals surface area contributed by atoms with E-state index in [1.165, 1.54) is 0 Å². The van der Waals surface area contributed by atoms with Gasteiger partial charge in [0.2, 0.25) is 0 Å². The summed E-state index contributed by atoms with van der Waals surface area (Å²) in [6, 6.07) is 0. The van der Waals surface area contributed by atoms with E-state index in [0.29, 0.717) is 24.5 Å². The lowest BCUT2D eigenvalue weighted by atomic mass is 10.2. The average Bonchev–Trinajstić information content (AvgIpc) is 2.84. The summed E-state index contributed by atoms with van der Waals surface area (Å²) in [6.45, 7) is 4.59. The summed E-state index contributed by atoms with van der Waals surface area (Å²) < 4.78 is 44.3. The number of fused-ring (bicyclic) bond motifs is 1. The highest BCUT2D eigenvalue weighted by molar-refractivity contribution is 5.58. The topological polar surface area (TPSA) is 64.3 Å². The molecule has 2 aromatic heterocycles. The summed E-state index contributed by atoms with van der Waals surface area (Å²) in [5.74, 6) is -0.734. The van der Waals surface area contributed by atoms with Crippen molar-refractivity contribution < 1.29 is 17.9 Å². The molecule has 2 heterocycles. The Bertz CT molecular complexity index is 638. The van der Waals surface area contributed by atoms with Crippen LogP contribution in [0.2, 0.25) is 0 Å². The first kappa shape index (κ1) is 15.5. The van der Waals surface area contributed by atoms with E-state index in [0.717, 1.165) is 16.5 Å². The Hall–Kier alpha value is -1.90. The van der Waals surface area contributed by atoms with Crippen molar-refractivity contribution in [2.45, 2.75) is 26.4 Å². The van der Waals surface area contributed by atoms with Crippen molar-refractivity contribution >= 4 is 11.5 Å². The number of nitrogens with zero attached hydrogens (tertiary/aromatic N) is 4. The predicted molar refractivity (Wildman–Crippen MR) is 70.2 cm³/mol. The van der Waals surface area contributed by atoms with Crippen LogP contribution in [0.25, 0.3) is 5.65 Å². The summed E-state index contributed by atoms with van der Waals surface area (Å²) in [7, 11) is 1.59. The van der Waals surface area contributed by atoms with Crippen molar-refractivity contribution in [2.75, 3.05) is 25.6 Å². The highest BCUT2D eigenvalue weighted by atomic mass is 19.4. The molecule has 21 heavy (non-hydrogen) atoms. The maximum absolute atomic E-state index is 12.9. The van der Waals surface area contributed by atoms with E-state index >= 15 is 0 Å². The van der Waals surface area contributed by atoms with Gasteiger partial charge in [-0.25, -0.2) is 0 Å². The van der Waals surface area contributed by atoms with Crippen LogP contribution in [0.4, 0.5) is 19.0 Å². The van der Waals surface area contributed by atoms with E-state index in [2.05, 4.69) is 20.6 Å². The summed E-state index contributed by atoms with van der Waals surface area (Å²) >= 11 is 0. The third kappa shape index (κ3) is 3.07. The van der Waals surface area contributed by atoms with E-state index in [4.69, 9.17) is 4.74 Å². The minimum absolute atomic E-state index is 0.113. The molecular weight excluding hydrogens is 287 g/mol. The molecule has 0 atom stereocenters. The second kappa shape index (κ2) is 5.84. The second-order valence-corrected chi connectivity index (χ2v) is 4.63. The minimum atomic E-state index is -4.60. The zero-order valence-corrected chi connectivity index (χ0v) is 12.0. The number of halogens is 3. The van der Waals surface area contributed by atoms with Crippen LogP contribution in [0.1, 0.15) is 23.4 Å². The molecule has 0 aliphatic rings. The van der Waals surface area contributed by atoms with Gasteiger partial charge in [0.15, 0.2) is 5.65 Å². The van der Waals surface area contributed by atoms with Gasteiger partial charge in [0, 0.05) is 25.8 Å². The fraction of sp³-hybridized carbons (Fsp3) is 0.583. The minimum Gasteiger partial charge on any atom is -0.385 e. The Morgan fingerprint density at radius 1 is 1.19 bits per heavy atom. The fourth-order valence-electron chi connectivity index (χ4n) is 1.90. The van der Waals surface area contributed by atoms with Gasteiger partial charge in [-0.2, -0.15) is 17.7 Å². The molecule has 0 saturated carbocycles. The third-order valence-electron chi connectivity index (χ3n) is 3.17. The molecule has 0 spiro atoms. The lowest BCUT2D eigenvalue weighted by Gasteiger charge is -2.12. The fourth-order valence-corrected chi connectivity index (χ4v) is 1.90. The molecule has 9 heteroatoms. The van der Waals surface area contributed by atoms with Gasteiger partial charge >= 0.3 is 6.18 Å². The number of aromatic nitrogens is 4. The summed E-state index contributed by atoms with van der Waals surface area (Å²) in [5.41, 5.74) is 1.48.